The van der Waals surface area contributed by atoms with Crippen molar-refractivity contribution in [2.45, 2.75) is 18.8 Å². The van der Waals surface area contributed by atoms with Crippen LogP contribution < -0.4 is 10.6 Å². The van der Waals surface area contributed by atoms with E-state index in [-0.39, 0.29) is 12.2 Å². The average molecular weight is 369 g/mol. The number of halogens is 3. The summed E-state index contributed by atoms with van der Waals surface area (Å²) in [6.45, 7) is -0.642. The maximum atomic E-state index is 13.1. The summed E-state index contributed by atoms with van der Waals surface area (Å²) in [6, 6.07) is 7.94. The van der Waals surface area contributed by atoms with Crippen molar-refractivity contribution in [3.05, 3.63) is 59.9 Å². The van der Waals surface area contributed by atoms with E-state index in [0.29, 0.717) is 0 Å². The molecule has 1 aromatic carbocycles. The molecule has 0 radical (unpaired) electrons. The zero-order chi connectivity index (χ0) is 19.2. The Morgan fingerprint density at radius 3 is 2.46 bits per heavy atom. The maximum absolute atomic E-state index is 13.1. The molecular weight excluding hydrogens is 351 g/mol. The average Bonchev–Trinajstić information content (AvgIpc) is 3.01. The summed E-state index contributed by atoms with van der Waals surface area (Å²) in [5, 5.41) is 3.99. The quantitative estimate of drug-likeness (QED) is 0.822. The Kier molecular flexibility index (Phi) is 6.26. The van der Waals surface area contributed by atoms with Gasteiger partial charge < -0.3 is 19.9 Å². The van der Waals surface area contributed by atoms with Crippen molar-refractivity contribution in [2.75, 3.05) is 6.54 Å². The first kappa shape index (κ1) is 19.4. The number of nitrogens with zero attached hydrogens (tertiary/aromatic N) is 1. The van der Waals surface area contributed by atoms with Crippen LogP contribution in [0, 0.1) is 0 Å². The molecule has 1 atom stereocenters. The molecule has 0 spiro atoms. The summed E-state index contributed by atoms with van der Waals surface area (Å²) in [7, 11) is 1.57. The smallest absolute Gasteiger partial charge is 0.412 e. The second-order valence-corrected chi connectivity index (χ2v) is 5.57. The minimum atomic E-state index is -4.66. The molecule has 0 saturated heterocycles. The van der Waals surface area contributed by atoms with Crippen molar-refractivity contribution in [2.24, 2.45) is 7.05 Å². The Labute approximate surface area is 147 Å². The Morgan fingerprint density at radius 1 is 1.19 bits per heavy atom. The predicted molar refractivity (Wildman–Crippen MR) is 87.0 cm³/mol. The molecule has 0 bridgehead atoms. The van der Waals surface area contributed by atoms with Crippen molar-refractivity contribution in [3.63, 3.8) is 0 Å². The Hall–Kier alpha value is -2.97. The molecule has 2 amide bonds. The number of rotatable bonds is 6. The molecule has 2 aromatic rings. The van der Waals surface area contributed by atoms with E-state index in [9.17, 15) is 22.8 Å². The molecular formula is C17H18F3N3O3. The lowest BCUT2D eigenvalue weighted by Gasteiger charge is -2.21. The second-order valence-electron chi connectivity index (χ2n) is 5.57. The second kappa shape index (κ2) is 8.41. The summed E-state index contributed by atoms with van der Waals surface area (Å²) < 4.78 is 45.8. The van der Waals surface area contributed by atoms with Crippen LogP contribution in [0.2, 0.25) is 0 Å². The topological polar surface area (TPSA) is 72.4 Å². The van der Waals surface area contributed by atoms with Crippen LogP contribution in [0.1, 0.15) is 17.2 Å². The van der Waals surface area contributed by atoms with Gasteiger partial charge in [-0.05, 0) is 11.6 Å². The highest BCUT2D eigenvalue weighted by Gasteiger charge is 2.42. The largest absolute Gasteiger partial charge is 0.445 e. The van der Waals surface area contributed by atoms with Crippen LogP contribution >= 0.6 is 0 Å². The number of amides is 2. The number of ether oxygens (including phenoxy) is 1. The highest BCUT2D eigenvalue weighted by Crippen LogP contribution is 2.32. The highest BCUT2D eigenvalue weighted by molar-refractivity contribution is 5.82. The molecule has 0 unspecified atom stereocenters. The van der Waals surface area contributed by atoms with Crippen molar-refractivity contribution in [1.29, 1.82) is 0 Å². The number of benzene rings is 1. The number of hydrogen-bond donors (Lipinski definition) is 2. The molecule has 140 valence electrons. The molecule has 2 rings (SSSR count). The lowest BCUT2D eigenvalue weighted by Crippen LogP contribution is -2.43. The maximum Gasteiger partial charge on any atom is 0.412 e. The van der Waals surface area contributed by atoms with E-state index in [1.165, 1.54) is 23.0 Å². The lowest BCUT2D eigenvalue weighted by atomic mass is 10.1. The van der Waals surface area contributed by atoms with Gasteiger partial charge in [-0.15, -0.1) is 0 Å². The van der Waals surface area contributed by atoms with Crippen molar-refractivity contribution in [1.82, 2.24) is 15.2 Å². The van der Waals surface area contributed by atoms with Crippen LogP contribution in [0.3, 0.4) is 0 Å². The molecule has 2 N–H and O–H groups in total. The van der Waals surface area contributed by atoms with Gasteiger partial charge in [0.15, 0.2) is 6.04 Å². The number of aryl methyl sites for hydroxylation is 1. The summed E-state index contributed by atoms with van der Waals surface area (Å²) in [5.41, 5.74) is 0.647. The van der Waals surface area contributed by atoms with Gasteiger partial charge in [0.2, 0.25) is 5.91 Å². The molecule has 1 heterocycles. The first-order valence-electron chi connectivity index (χ1n) is 7.68. The molecule has 0 fully saturated rings. The van der Waals surface area contributed by atoms with Crippen LogP contribution in [-0.4, -0.2) is 29.3 Å². The summed E-state index contributed by atoms with van der Waals surface area (Å²) in [5.74, 6) is -0.979. The molecule has 0 saturated carbocycles. The number of aromatic nitrogens is 1. The number of carbonyl (C=O) groups excluding carboxylic acids is 2. The van der Waals surface area contributed by atoms with E-state index < -0.39 is 30.8 Å². The highest BCUT2D eigenvalue weighted by atomic mass is 19.4. The molecule has 1 aromatic heterocycles. The van der Waals surface area contributed by atoms with Gasteiger partial charge in [0.1, 0.15) is 13.2 Å². The number of alkyl carbamates (subject to hydrolysis) is 1. The van der Waals surface area contributed by atoms with Gasteiger partial charge in [-0.1, -0.05) is 30.3 Å². The third-order valence-corrected chi connectivity index (χ3v) is 3.43. The number of alkyl halides is 3. The van der Waals surface area contributed by atoms with Crippen molar-refractivity contribution >= 4 is 12.0 Å². The fourth-order valence-electron chi connectivity index (χ4n) is 2.19. The third-order valence-electron chi connectivity index (χ3n) is 3.43. The van der Waals surface area contributed by atoms with Crippen LogP contribution in [-0.2, 0) is 23.2 Å². The van der Waals surface area contributed by atoms with Gasteiger partial charge in [-0.3, -0.25) is 4.79 Å². The van der Waals surface area contributed by atoms with Gasteiger partial charge in [0.05, 0.1) is 0 Å². The van der Waals surface area contributed by atoms with E-state index in [0.717, 1.165) is 5.56 Å². The number of carbonyl (C=O) groups is 2. The van der Waals surface area contributed by atoms with Crippen LogP contribution in [0.5, 0.6) is 0 Å². The molecule has 0 aliphatic heterocycles. The van der Waals surface area contributed by atoms with E-state index in [4.69, 9.17) is 4.74 Å². The minimum Gasteiger partial charge on any atom is -0.445 e. The standard InChI is InChI=1S/C17H18F3N3O3/c1-23-8-7-13(10-23)15(17(18,19)20)22-14(24)9-21-16(25)26-11-12-5-3-2-4-6-12/h2-8,10,15H,9,11H2,1H3,(H,21,25)(H,22,24)/t15-/m0/s1. The monoisotopic (exact) mass is 369 g/mol. The third kappa shape index (κ3) is 5.83. The predicted octanol–water partition coefficient (Wildman–Crippen LogP) is 2.67. The van der Waals surface area contributed by atoms with Gasteiger partial charge in [0.25, 0.3) is 0 Å². The van der Waals surface area contributed by atoms with E-state index in [1.807, 2.05) is 5.32 Å². The van der Waals surface area contributed by atoms with Crippen LogP contribution in [0.15, 0.2) is 48.8 Å². The molecule has 0 aliphatic carbocycles. The summed E-state index contributed by atoms with van der Waals surface area (Å²) >= 11 is 0. The summed E-state index contributed by atoms with van der Waals surface area (Å²) in [4.78, 5) is 23.3. The zero-order valence-corrected chi connectivity index (χ0v) is 13.9. The molecule has 26 heavy (non-hydrogen) atoms. The molecule has 9 heteroatoms. The first-order valence-corrected chi connectivity index (χ1v) is 7.68. The van der Waals surface area contributed by atoms with E-state index in [2.05, 4.69) is 5.32 Å². The van der Waals surface area contributed by atoms with Crippen molar-refractivity contribution < 1.29 is 27.5 Å². The molecule has 0 aliphatic rings. The van der Waals surface area contributed by atoms with Gasteiger partial charge in [-0.25, -0.2) is 4.79 Å². The SMILES string of the molecule is Cn1ccc([C@H](NC(=O)CNC(=O)OCc2ccccc2)C(F)(F)F)c1. The Bertz CT molecular complexity index is 744. The molecule has 6 nitrogen and oxygen atoms in total. The van der Waals surface area contributed by atoms with Crippen molar-refractivity contribution in [3.8, 4) is 0 Å². The Morgan fingerprint density at radius 2 is 1.88 bits per heavy atom. The van der Waals surface area contributed by atoms with Crippen LogP contribution in [0.25, 0.3) is 0 Å². The van der Waals surface area contributed by atoms with Gasteiger partial charge in [0, 0.05) is 25.0 Å². The minimum absolute atomic E-state index is 0.0104. The summed E-state index contributed by atoms with van der Waals surface area (Å²) in [6.07, 6.45) is -2.85. The first-order chi connectivity index (χ1) is 12.3. The van der Waals surface area contributed by atoms with Gasteiger partial charge in [-0.2, -0.15) is 13.2 Å². The number of hydrogen-bond acceptors (Lipinski definition) is 3. The normalized spacial score (nSPS) is 12.3. The fraction of sp³-hybridized carbons (Fsp3) is 0.294. The van der Waals surface area contributed by atoms with E-state index >= 15 is 0 Å². The zero-order valence-electron chi connectivity index (χ0n) is 13.9. The number of nitrogens with one attached hydrogen (secondary N) is 2. The van der Waals surface area contributed by atoms with Crippen LogP contribution in [0.4, 0.5) is 18.0 Å². The fourth-order valence-corrected chi connectivity index (χ4v) is 2.19. The lowest BCUT2D eigenvalue weighted by molar-refractivity contribution is -0.163. The van der Waals surface area contributed by atoms with E-state index in [1.54, 1.807) is 37.4 Å². The van der Waals surface area contributed by atoms with Gasteiger partial charge >= 0.3 is 12.3 Å². The Balaban J connectivity index is 1.83.